The van der Waals surface area contributed by atoms with Crippen LogP contribution in [0.5, 0.6) is 0 Å². The van der Waals surface area contributed by atoms with Gasteiger partial charge in [-0.3, -0.25) is 5.43 Å². The maximum Gasteiger partial charge on any atom is 0.417 e. The molecular formula is C21H17F3N4. The molecule has 28 heavy (non-hydrogen) atoms. The van der Waals surface area contributed by atoms with Gasteiger partial charge >= 0.3 is 6.18 Å². The summed E-state index contributed by atoms with van der Waals surface area (Å²) in [6.07, 6.45) is -2.00. The number of halogens is 3. The van der Waals surface area contributed by atoms with Crippen molar-refractivity contribution in [3.63, 3.8) is 0 Å². The Kier molecular flexibility index (Phi) is 4.50. The van der Waals surface area contributed by atoms with Crippen molar-refractivity contribution < 1.29 is 13.2 Å². The minimum Gasteiger partial charge on any atom is -0.341 e. The molecule has 142 valence electrons. The number of hydrazone groups is 1. The van der Waals surface area contributed by atoms with E-state index in [1.165, 1.54) is 17.0 Å². The van der Waals surface area contributed by atoms with Crippen LogP contribution in [0, 0.1) is 0 Å². The summed E-state index contributed by atoms with van der Waals surface area (Å²) in [6, 6.07) is 16.5. The van der Waals surface area contributed by atoms with Gasteiger partial charge in [-0.25, -0.2) is 4.98 Å². The third-order valence-electron chi connectivity index (χ3n) is 4.60. The number of benzene rings is 2. The first kappa shape index (κ1) is 18.0. The van der Waals surface area contributed by atoms with Gasteiger partial charge in [-0.15, -0.1) is 0 Å². The molecule has 2 aromatic carbocycles. The predicted octanol–water partition coefficient (Wildman–Crippen LogP) is 5.67. The number of fused-ring (bicyclic) bond motifs is 3. The zero-order valence-corrected chi connectivity index (χ0v) is 15.0. The van der Waals surface area contributed by atoms with Crippen LogP contribution in [0.3, 0.4) is 0 Å². The molecule has 0 atom stereocenters. The standard InChI is InChI=1S/C21H17F3N4/c1-2-28-18-6-4-3-5-16(18)17-11-14(7-9-19(17)28)12-26-27-20-10-8-15(13-25-20)21(22,23)24/h3-13H,2H2,1H3,(H,25,27). The second-order valence-corrected chi connectivity index (χ2v) is 6.34. The minimum absolute atomic E-state index is 0.243. The highest BCUT2D eigenvalue weighted by Gasteiger charge is 2.30. The second-order valence-electron chi connectivity index (χ2n) is 6.34. The van der Waals surface area contributed by atoms with Crippen LogP contribution in [0.2, 0.25) is 0 Å². The number of aryl methyl sites for hydroxylation is 1. The molecule has 0 aliphatic heterocycles. The van der Waals surface area contributed by atoms with E-state index in [1.54, 1.807) is 6.21 Å². The van der Waals surface area contributed by atoms with E-state index < -0.39 is 11.7 Å². The van der Waals surface area contributed by atoms with Crippen molar-refractivity contribution >= 4 is 33.8 Å². The first-order valence-electron chi connectivity index (χ1n) is 8.80. The summed E-state index contributed by atoms with van der Waals surface area (Å²) in [5.74, 6) is 0.243. The summed E-state index contributed by atoms with van der Waals surface area (Å²) >= 11 is 0. The van der Waals surface area contributed by atoms with E-state index in [-0.39, 0.29) is 5.82 Å². The second kappa shape index (κ2) is 6.99. The summed E-state index contributed by atoms with van der Waals surface area (Å²) in [7, 11) is 0. The molecule has 4 rings (SSSR count). The highest BCUT2D eigenvalue weighted by molar-refractivity contribution is 6.09. The lowest BCUT2D eigenvalue weighted by atomic mass is 10.1. The highest BCUT2D eigenvalue weighted by Crippen LogP contribution is 2.30. The fraction of sp³-hybridized carbons (Fsp3) is 0.143. The van der Waals surface area contributed by atoms with Gasteiger partial charge in [-0.2, -0.15) is 18.3 Å². The molecule has 2 heterocycles. The van der Waals surface area contributed by atoms with Crippen molar-refractivity contribution in [1.29, 1.82) is 0 Å². The van der Waals surface area contributed by atoms with Crippen LogP contribution in [-0.2, 0) is 12.7 Å². The van der Waals surface area contributed by atoms with Gasteiger partial charge < -0.3 is 4.57 Å². The molecule has 0 fully saturated rings. The molecule has 0 aliphatic carbocycles. The normalized spacial score (nSPS) is 12.3. The van der Waals surface area contributed by atoms with Gasteiger partial charge in [0.15, 0.2) is 0 Å². The largest absolute Gasteiger partial charge is 0.417 e. The smallest absolute Gasteiger partial charge is 0.341 e. The Hall–Kier alpha value is -3.35. The Morgan fingerprint density at radius 3 is 2.54 bits per heavy atom. The van der Waals surface area contributed by atoms with Crippen LogP contribution >= 0.6 is 0 Å². The van der Waals surface area contributed by atoms with Gasteiger partial charge in [0.1, 0.15) is 5.82 Å². The number of anilines is 1. The van der Waals surface area contributed by atoms with Crippen molar-refractivity contribution in [2.75, 3.05) is 5.43 Å². The minimum atomic E-state index is -4.40. The van der Waals surface area contributed by atoms with Crippen LogP contribution in [0.25, 0.3) is 21.8 Å². The monoisotopic (exact) mass is 382 g/mol. The number of nitrogens with one attached hydrogen (secondary N) is 1. The highest BCUT2D eigenvalue weighted by atomic mass is 19.4. The van der Waals surface area contributed by atoms with Crippen LogP contribution in [0.4, 0.5) is 19.0 Å². The van der Waals surface area contributed by atoms with Crippen LogP contribution < -0.4 is 5.43 Å². The molecule has 4 nitrogen and oxygen atoms in total. The Bertz CT molecular complexity index is 1160. The van der Waals surface area contributed by atoms with E-state index >= 15 is 0 Å². The van der Waals surface area contributed by atoms with Crippen LogP contribution in [-0.4, -0.2) is 15.8 Å². The van der Waals surface area contributed by atoms with Crippen molar-refractivity contribution in [1.82, 2.24) is 9.55 Å². The van der Waals surface area contributed by atoms with Gasteiger partial charge in [-0.1, -0.05) is 24.3 Å². The van der Waals surface area contributed by atoms with E-state index in [0.29, 0.717) is 0 Å². The van der Waals surface area contributed by atoms with E-state index in [2.05, 4.69) is 51.3 Å². The molecule has 0 amide bonds. The lowest BCUT2D eigenvalue weighted by molar-refractivity contribution is -0.137. The summed E-state index contributed by atoms with van der Waals surface area (Å²) in [5, 5.41) is 6.40. The van der Waals surface area contributed by atoms with E-state index in [9.17, 15) is 13.2 Å². The summed E-state index contributed by atoms with van der Waals surface area (Å²) < 4.78 is 40.0. The van der Waals surface area contributed by atoms with Gasteiger partial charge in [-0.05, 0) is 42.8 Å². The molecule has 1 N–H and O–H groups in total. The Morgan fingerprint density at radius 1 is 1.04 bits per heavy atom. The summed E-state index contributed by atoms with van der Waals surface area (Å²) in [6.45, 7) is 2.99. The number of aromatic nitrogens is 2. The number of para-hydroxylation sites is 1. The van der Waals surface area contributed by atoms with Gasteiger partial charge in [0.25, 0.3) is 0 Å². The number of hydrogen-bond donors (Lipinski definition) is 1. The Balaban J connectivity index is 1.59. The van der Waals surface area contributed by atoms with E-state index in [4.69, 9.17) is 0 Å². The van der Waals surface area contributed by atoms with Crippen molar-refractivity contribution in [2.45, 2.75) is 19.6 Å². The molecule has 0 bridgehead atoms. The topological polar surface area (TPSA) is 42.2 Å². The first-order chi connectivity index (χ1) is 13.5. The fourth-order valence-corrected chi connectivity index (χ4v) is 3.29. The lowest BCUT2D eigenvalue weighted by Crippen LogP contribution is -2.05. The maximum absolute atomic E-state index is 12.6. The number of nitrogens with zero attached hydrogens (tertiary/aromatic N) is 3. The summed E-state index contributed by atoms with van der Waals surface area (Å²) in [4.78, 5) is 3.73. The Morgan fingerprint density at radius 2 is 1.82 bits per heavy atom. The lowest BCUT2D eigenvalue weighted by Gasteiger charge is -2.06. The molecule has 0 unspecified atom stereocenters. The molecule has 7 heteroatoms. The molecule has 2 aromatic heterocycles. The van der Waals surface area contributed by atoms with Gasteiger partial charge in [0.2, 0.25) is 0 Å². The number of pyridine rings is 1. The van der Waals surface area contributed by atoms with Crippen molar-refractivity contribution in [3.05, 3.63) is 71.9 Å². The number of hydrogen-bond acceptors (Lipinski definition) is 3. The molecule has 0 saturated carbocycles. The van der Waals surface area contributed by atoms with Gasteiger partial charge in [0, 0.05) is 34.5 Å². The molecule has 0 saturated heterocycles. The van der Waals surface area contributed by atoms with E-state index in [0.717, 1.165) is 35.3 Å². The SMILES string of the molecule is CCn1c2ccccc2c2cc(C=NNc3ccc(C(F)(F)F)cn3)ccc21. The molecule has 0 spiro atoms. The quantitative estimate of drug-likeness (QED) is 0.365. The van der Waals surface area contributed by atoms with Crippen molar-refractivity contribution in [2.24, 2.45) is 5.10 Å². The maximum atomic E-state index is 12.6. The van der Waals surface area contributed by atoms with Crippen LogP contribution in [0.15, 0.2) is 65.9 Å². The number of alkyl halides is 3. The molecular weight excluding hydrogens is 365 g/mol. The fourth-order valence-electron chi connectivity index (χ4n) is 3.29. The molecule has 4 aromatic rings. The third-order valence-corrected chi connectivity index (χ3v) is 4.60. The molecule has 0 radical (unpaired) electrons. The average molecular weight is 382 g/mol. The molecule has 0 aliphatic rings. The predicted molar refractivity (Wildman–Crippen MR) is 106 cm³/mol. The Labute approximate surface area is 159 Å². The van der Waals surface area contributed by atoms with E-state index in [1.807, 2.05) is 18.2 Å². The average Bonchev–Trinajstić information content (AvgIpc) is 3.01. The van der Waals surface area contributed by atoms with Crippen molar-refractivity contribution in [3.8, 4) is 0 Å². The van der Waals surface area contributed by atoms with Gasteiger partial charge in [0.05, 0.1) is 11.8 Å². The number of rotatable bonds is 4. The first-order valence-corrected chi connectivity index (χ1v) is 8.80. The third kappa shape index (κ3) is 3.31. The zero-order valence-electron chi connectivity index (χ0n) is 15.0. The summed E-state index contributed by atoms with van der Waals surface area (Å²) in [5.41, 5.74) is 5.08. The zero-order chi connectivity index (χ0) is 19.7. The van der Waals surface area contributed by atoms with Crippen LogP contribution in [0.1, 0.15) is 18.1 Å².